The molecule has 0 aliphatic heterocycles. The lowest BCUT2D eigenvalue weighted by atomic mass is 10.1. The lowest BCUT2D eigenvalue weighted by Gasteiger charge is -2.10. The van der Waals surface area contributed by atoms with Gasteiger partial charge in [0.1, 0.15) is 5.69 Å². The molecule has 0 saturated carbocycles. The van der Waals surface area contributed by atoms with Crippen LogP contribution in [0.25, 0.3) is 6.08 Å². The molecule has 0 radical (unpaired) electrons. The minimum absolute atomic E-state index is 0.0502. The molecule has 0 bridgehead atoms. The lowest BCUT2D eigenvalue weighted by molar-refractivity contribution is -0.141. The number of nitrogens with zero attached hydrogens (tertiary/aromatic N) is 1. The highest BCUT2D eigenvalue weighted by molar-refractivity contribution is 5.85. The number of alkyl halides is 3. The Morgan fingerprint density at radius 3 is 2.68 bits per heavy atom. The van der Waals surface area contributed by atoms with Crippen molar-refractivity contribution in [2.24, 2.45) is 0 Å². The number of hydrogen-bond acceptors (Lipinski definition) is 3. The predicted octanol–water partition coefficient (Wildman–Crippen LogP) is 2.73. The number of aromatic nitrogens is 1. The highest BCUT2D eigenvalue weighted by Crippen LogP contribution is 2.28. The smallest absolute Gasteiger partial charge is 0.433 e. The van der Waals surface area contributed by atoms with Crippen molar-refractivity contribution in [1.82, 2.24) is 4.98 Å². The second-order valence-electron chi connectivity index (χ2n) is 3.54. The molecule has 1 aromatic rings. The molecular weight excluding hydrogens is 263 g/mol. The van der Waals surface area contributed by atoms with Crippen LogP contribution in [0.1, 0.15) is 23.9 Å². The van der Waals surface area contributed by atoms with E-state index in [-0.39, 0.29) is 17.9 Å². The van der Waals surface area contributed by atoms with Gasteiger partial charge in [-0.25, -0.2) is 9.78 Å². The van der Waals surface area contributed by atoms with Crippen LogP contribution in [0.15, 0.2) is 18.2 Å². The molecule has 0 unspecified atom stereocenters. The van der Waals surface area contributed by atoms with Gasteiger partial charge in [-0.1, -0.05) is 6.07 Å². The quantitative estimate of drug-likeness (QED) is 0.839. The van der Waals surface area contributed by atoms with Crippen molar-refractivity contribution in [2.45, 2.75) is 19.7 Å². The van der Waals surface area contributed by atoms with E-state index in [2.05, 4.69) is 4.98 Å². The summed E-state index contributed by atoms with van der Waals surface area (Å²) < 4.78 is 42.6. The van der Waals surface area contributed by atoms with E-state index in [0.717, 1.165) is 12.1 Å². The van der Waals surface area contributed by atoms with E-state index in [9.17, 15) is 18.0 Å². The molecule has 19 heavy (non-hydrogen) atoms. The largest absolute Gasteiger partial charge is 0.478 e. The van der Waals surface area contributed by atoms with Gasteiger partial charge in [-0.3, -0.25) is 0 Å². The van der Waals surface area contributed by atoms with Crippen LogP contribution in [0, 0.1) is 0 Å². The number of rotatable bonds is 5. The van der Waals surface area contributed by atoms with E-state index >= 15 is 0 Å². The average molecular weight is 275 g/mol. The fourth-order valence-electron chi connectivity index (χ4n) is 1.30. The maximum Gasteiger partial charge on any atom is 0.433 e. The van der Waals surface area contributed by atoms with Crippen molar-refractivity contribution in [2.75, 3.05) is 6.61 Å². The van der Waals surface area contributed by atoms with Crippen LogP contribution in [0.5, 0.6) is 0 Å². The summed E-state index contributed by atoms with van der Waals surface area (Å²) in [7, 11) is 0. The lowest BCUT2D eigenvalue weighted by Crippen LogP contribution is -2.11. The normalized spacial score (nSPS) is 12.0. The van der Waals surface area contributed by atoms with Crippen molar-refractivity contribution < 1.29 is 27.8 Å². The number of ether oxygens (including phenoxy) is 1. The van der Waals surface area contributed by atoms with Crippen LogP contribution in [-0.2, 0) is 22.3 Å². The van der Waals surface area contributed by atoms with Gasteiger partial charge in [0, 0.05) is 12.7 Å². The van der Waals surface area contributed by atoms with E-state index in [4.69, 9.17) is 9.84 Å². The fraction of sp³-hybridized carbons (Fsp3) is 0.333. The van der Waals surface area contributed by atoms with Crippen LogP contribution in [0.3, 0.4) is 0 Å². The number of carboxylic acids is 1. The predicted molar refractivity (Wildman–Crippen MR) is 61.2 cm³/mol. The topological polar surface area (TPSA) is 59.4 Å². The Morgan fingerprint density at radius 1 is 1.47 bits per heavy atom. The van der Waals surface area contributed by atoms with E-state index in [1.807, 2.05) is 0 Å². The second kappa shape index (κ2) is 6.33. The zero-order chi connectivity index (χ0) is 14.5. The first-order valence-electron chi connectivity index (χ1n) is 5.40. The molecule has 0 fully saturated rings. The average Bonchev–Trinajstić information content (AvgIpc) is 2.32. The number of hydrogen-bond donors (Lipinski definition) is 1. The summed E-state index contributed by atoms with van der Waals surface area (Å²) in [6.45, 7) is 1.90. The molecule has 7 heteroatoms. The Bertz CT molecular complexity index is 484. The van der Waals surface area contributed by atoms with Gasteiger partial charge in [0.15, 0.2) is 0 Å². The summed E-state index contributed by atoms with van der Waals surface area (Å²) in [5, 5.41) is 8.51. The molecule has 1 heterocycles. The van der Waals surface area contributed by atoms with Crippen LogP contribution in [0.4, 0.5) is 13.2 Å². The van der Waals surface area contributed by atoms with Crippen molar-refractivity contribution in [3.63, 3.8) is 0 Å². The number of pyridine rings is 1. The summed E-state index contributed by atoms with van der Waals surface area (Å²) in [5.41, 5.74) is -0.701. The molecule has 0 amide bonds. The maximum atomic E-state index is 12.5. The molecule has 0 aliphatic carbocycles. The first kappa shape index (κ1) is 15.2. The van der Waals surface area contributed by atoms with Crippen LogP contribution < -0.4 is 0 Å². The number of carbonyl (C=O) groups is 1. The van der Waals surface area contributed by atoms with Crippen molar-refractivity contribution in [3.8, 4) is 0 Å². The Kier molecular flexibility index (Phi) is 5.05. The Labute approximate surface area is 107 Å². The minimum Gasteiger partial charge on any atom is -0.478 e. The highest BCUT2D eigenvalue weighted by Gasteiger charge is 2.32. The Balaban J connectivity index is 3.12. The molecule has 0 aromatic carbocycles. The highest BCUT2D eigenvalue weighted by atomic mass is 19.4. The number of aliphatic carboxylic acids is 1. The van der Waals surface area contributed by atoms with Crippen LogP contribution >= 0.6 is 0 Å². The first-order chi connectivity index (χ1) is 8.84. The van der Waals surface area contributed by atoms with Crippen LogP contribution in [-0.4, -0.2) is 22.7 Å². The second-order valence-corrected chi connectivity index (χ2v) is 3.54. The van der Waals surface area contributed by atoms with Crippen molar-refractivity contribution in [3.05, 3.63) is 35.2 Å². The van der Waals surface area contributed by atoms with Crippen LogP contribution in [0.2, 0.25) is 0 Å². The van der Waals surface area contributed by atoms with Crippen molar-refractivity contribution in [1.29, 1.82) is 0 Å². The zero-order valence-corrected chi connectivity index (χ0v) is 10.1. The summed E-state index contributed by atoms with van der Waals surface area (Å²) in [5.74, 6) is -1.19. The van der Waals surface area contributed by atoms with Gasteiger partial charge >= 0.3 is 12.1 Å². The van der Waals surface area contributed by atoms with E-state index in [1.165, 1.54) is 12.1 Å². The van der Waals surface area contributed by atoms with Gasteiger partial charge in [0.05, 0.1) is 12.3 Å². The molecule has 0 saturated heterocycles. The molecule has 0 aliphatic rings. The number of carboxylic acid groups (broad SMARTS) is 1. The van der Waals surface area contributed by atoms with Gasteiger partial charge in [0.2, 0.25) is 0 Å². The summed E-state index contributed by atoms with van der Waals surface area (Å²) in [6, 6.07) is 1.97. The monoisotopic (exact) mass is 275 g/mol. The molecule has 1 aromatic heterocycles. The Morgan fingerprint density at radius 2 is 2.16 bits per heavy atom. The molecule has 104 valence electrons. The van der Waals surface area contributed by atoms with Crippen molar-refractivity contribution >= 4 is 12.0 Å². The summed E-state index contributed by atoms with van der Waals surface area (Å²) in [4.78, 5) is 13.9. The first-order valence-corrected chi connectivity index (χ1v) is 5.40. The summed E-state index contributed by atoms with van der Waals surface area (Å²) >= 11 is 0. The molecule has 4 nitrogen and oxygen atoms in total. The van der Waals surface area contributed by atoms with Gasteiger partial charge in [-0.05, 0) is 24.6 Å². The van der Waals surface area contributed by atoms with E-state index in [1.54, 1.807) is 6.92 Å². The van der Waals surface area contributed by atoms with Gasteiger partial charge in [-0.2, -0.15) is 13.2 Å². The molecular formula is C12H12F3NO3. The maximum absolute atomic E-state index is 12.5. The third-order valence-corrected chi connectivity index (χ3v) is 2.15. The molecule has 1 rings (SSSR count). The van der Waals surface area contributed by atoms with Gasteiger partial charge in [-0.15, -0.1) is 0 Å². The molecule has 0 atom stereocenters. The zero-order valence-electron chi connectivity index (χ0n) is 10.1. The fourth-order valence-corrected chi connectivity index (χ4v) is 1.30. The summed E-state index contributed by atoms with van der Waals surface area (Å²) in [6.07, 6.45) is -2.53. The molecule has 1 N–H and O–H groups in total. The SMILES string of the molecule is CCOCc1nc(C(F)(F)F)ccc1C=CC(=O)O. The minimum atomic E-state index is -4.55. The van der Waals surface area contributed by atoms with Gasteiger partial charge in [0.25, 0.3) is 0 Å². The van der Waals surface area contributed by atoms with E-state index < -0.39 is 17.8 Å². The third-order valence-electron chi connectivity index (χ3n) is 2.15. The van der Waals surface area contributed by atoms with Gasteiger partial charge < -0.3 is 9.84 Å². The molecule has 0 spiro atoms. The standard InChI is InChI=1S/C12H12F3NO3/c1-2-19-7-9-8(4-6-11(17)18)3-5-10(16-9)12(13,14)15/h3-6H,2,7H2,1H3,(H,17,18). The third kappa shape index (κ3) is 4.70. The van der Waals surface area contributed by atoms with E-state index in [0.29, 0.717) is 6.61 Å². The number of halogens is 3. The Hall–Kier alpha value is -1.89.